The Morgan fingerprint density at radius 3 is 2.61 bits per heavy atom. The van der Waals surface area contributed by atoms with Gasteiger partial charge in [-0.15, -0.1) is 11.3 Å². The van der Waals surface area contributed by atoms with Crippen molar-refractivity contribution in [1.82, 2.24) is 9.55 Å². The average Bonchev–Trinajstić information content (AvgIpc) is 2.98. The summed E-state index contributed by atoms with van der Waals surface area (Å²) in [5, 5.41) is 12.3. The molecule has 3 aromatic rings. The summed E-state index contributed by atoms with van der Waals surface area (Å²) in [6, 6.07) is 6.93. The number of halogens is 1. The summed E-state index contributed by atoms with van der Waals surface area (Å²) in [5.74, 6) is -1.67. The minimum absolute atomic E-state index is 0. The van der Waals surface area contributed by atoms with Crippen LogP contribution in [0, 0.1) is 0 Å². The van der Waals surface area contributed by atoms with Crippen molar-refractivity contribution in [3.8, 4) is 11.4 Å². The van der Waals surface area contributed by atoms with E-state index in [4.69, 9.17) is 0 Å². The molecule has 0 bridgehead atoms. The number of hydrogen-bond donors (Lipinski definition) is 0. The number of aromatic nitrogens is 2. The Bertz CT molecular complexity index is 936. The second kappa shape index (κ2) is 7.14. The predicted octanol–water partition coefficient (Wildman–Crippen LogP) is -0.926. The summed E-state index contributed by atoms with van der Waals surface area (Å²) in [6.07, 6.45) is 0. The summed E-state index contributed by atoms with van der Waals surface area (Å²) >= 11 is 4.48. The van der Waals surface area contributed by atoms with Gasteiger partial charge in [0, 0.05) is 4.47 Å². The first-order chi connectivity index (χ1) is 10.5. The Morgan fingerprint density at radius 2 is 2.00 bits per heavy atom. The molecule has 0 amide bonds. The van der Waals surface area contributed by atoms with Gasteiger partial charge in [-0.1, -0.05) is 21.7 Å². The van der Waals surface area contributed by atoms with Gasteiger partial charge in [0.15, 0.2) is 0 Å². The van der Waals surface area contributed by atoms with Gasteiger partial charge in [0.2, 0.25) is 0 Å². The number of esters is 1. The van der Waals surface area contributed by atoms with Gasteiger partial charge in [-0.05, 0) is 24.3 Å². The number of hydrogen-bond acceptors (Lipinski definition) is 6. The van der Waals surface area contributed by atoms with E-state index in [1.165, 1.54) is 10.1 Å². The van der Waals surface area contributed by atoms with Crippen LogP contribution in [0.3, 0.4) is 0 Å². The number of carbonyl (C=O) groups excluding carboxylic acids is 1. The van der Waals surface area contributed by atoms with Gasteiger partial charge >= 0.3 is 35.5 Å². The van der Waals surface area contributed by atoms with Crippen LogP contribution in [0.2, 0.25) is 0 Å². The third-order valence-corrected chi connectivity index (χ3v) is 4.42. The first-order valence-corrected chi connectivity index (χ1v) is 7.75. The first kappa shape index (κ1) is 18.2. The predicted molar refractivity (Wildman–Crippen MR) is 83.7 cm³/mol. The summed E-state index contributed by atoms with van der Waals surface area (Å²) in [5.41, 5.74) is 0.822. The number of benzene rings is 1. The van der Waals surface area contributed by atoms with E-state index in [1.807, 2.05) is 0 Å². The van der Waals surface area contributed by atoms with Crippen LogP contribution in [0.1, 0.15) is 10.4 Å². The molecule has 0 spiro atoms. The minimum atomic E-state index is -0.962. The standard InChI is InChI=1S/C14H9BrN2O4S.Na/c1-21-14(20)9-11(18)10-13(22-6-16-10)17(12(9)19)8-4-2-7(15)3-5-8;/h2-6,18H,1H3;/q;+1/p-1. The molecule has 6 nitrogen and oxygen atoms in total. The molecule has 0 aliphatic rings. The number of rotatable bonds is 2. The van der Waals surface area contributed by atoms with Crippen molar-refractivity contribution in [1.29, 1.82) is 0 Å². The van der Waals surface area contributed by atoms with Crippen molar-refractivity contribution >= 4 is 43.6 Å². The fraction of sp³-hybridized carbons (Fsp3) is 0.0714. The molecule has 0 aliphatic heterocycles. The molecule has 2 heterocycles. The summed E-state index contributed by atoms with van der Waals surface area (Å²) in [6.45, 7) is 0. The zero-order valence-corrected chi connectivity index (χ0v) is 16.6. The van der Waals surface area contributed by atoms with Crippen molar-refractivity contribution in [2.45, 2.75) is 0 Å². The zero-order valence-electron chi connectivity index (χ0n) is 12.2. The van der Waals surface area contributed by atoms with E-state index in [0.717, 1.165) is 22.9 Å². The molecule has 1 aromatic carbocycles. The molecule has 0 saturated heterocycles. The van der Waals surface area contributed by atoms with Gasteiger partial charge in [-0.25, -0.2) is 9.78 Å². The van der Waals surface area contributed by atoms with E-state index >= 15 is 0 Å². The quantitative estimate of drug-likeness (QED) is 0.408. The Morgan fingerprint density at radius 1 is 1.35 bits per heavy atom. The fourth-order valence-corrected chi connectivity index (χ4v) is 3.15. The largest absolute Gasteiger partial charge is 1.00 e. The molecule has 0 saturated carbocycles. The summed E-state index contributed by atoms with van der Waals surface area (Å²) in [4.78, 5) is 28.8. The molecule has 2 aromatic heterocycles. The van der Waals surface area contributed by atoms with Crippen molar-refractivity contribution in [2.75, 3.05) is 7.11 Å². The smallest absolute Gasteiger partial charge is 0.870 e. The summed E-state index contributed by atoms with van der Waals surface area (Å²) < 4.78 is 6.69. The van der Waals surface area contributed by atoms with Crippen LogP contribution in [0.4, 0.5) is 0 Å². The van der Waals surface area contributed by atoms with E-state index in [1.54, 1.807) is 24.3 Å². The molecule has 0 unspecified atom stereocenters. The van der Waals surface area contributed by atoms with Crippen molar-refractivity contribution in [3.63, 3.8) is 0 Å². The van der Waals surface area contributed by atoms with Crippen molar-refractivity contribution < 1.29 is 44.2 Å². The second-order valence-electron chi connectivity index (χ2n) is 4.32. The maximum absolute atomic E-state index is 12.6. The van der Waals surface area contributed by atoms with E-state index in [2.05, 4.69) is 25.7 Å². The number of methoxy groups -OCH3 is 1. The molecular weight excluding hydrogens is 395 g/mol. The third-order valence-electron chi connectivity index (χ3n) is 3.09. The van der Waals surface area contributed by atoms with Gasteiger partial charge in [-0.3, -0.25) is 9.36 Å². The number of thiazole rings is 1. The minimum Gasteiger partial charge on any atom is -0.870 e. The van der Waals surface area contributed by atoms with E-state index in [0.29, 0.717) is 10.5 Å². The van der Waals surface area contributed by atoms with Crippen LogP contribution in [0.5, 0.6) is 5.75 Å². The molecule has 0 aliphatic carbocycles. The Balaban J connectivity index is 0.00000192. The van der Waals surface area contributed by atoms with Crippen molar-refractivity contribution in [2.24, 2.45) is 0 Å². The molecule has 112 valence electrons. The van der Waals surface area contributed by atoms with Crippen LogP contribution in [0.25, 0.3) is 16.0 Å². The molecule has 0 fully saturated rings. The van der Waals surface area contributed by atoms with Gasteiger partial charge in [0.1, 0.15) is 10.4 Å². The SMILES string of the molecule is COC(=O)c1c([O-])c2ncsc2n(-c2ccc(Br)cc2)c1=O.[Na+]. The third kappa shape index (κ3) is 3.09. The molecule has 23 heavy (non-hydrogen) atoms. The van der Waals surface area contributed by atoms with Gasteiger partial charge in [0.05, 0.1) is 23.8 Å². The second-order valence-corrected chi connectivity index (χ2v) is 6.07. The van der Waals surface area contributed by atoms with Gasteiger partial charge in [-0.2, -0.15) is 0 Å². The fourth-order valence-electron chi connectivity index (χ4n) is 2.08. The molecule has 0 N–H and O–H groups in total. The van der Waals surface area contributed by atoms with Crippen LogP contribution >= 0.6 is 27.3 Å². The topological polar surface area (TPSA) is 84.2 Å². The maximum atomic E-state index is 12.6. The number of fused-ring (bicyclic) bond motifs is 1. The van der Waals surface area contributed by atoms with Crippen LogP contribution in [-0.2, 0) is 4.74 Å². The van der Waals surface area contributed by atoms with Crippen molar-refractivity contribution in [3.05, 3.63) is 50.2 Å². The summed E-state index contributed by atoms with van der Waals surface area (Å²) in [7, 11) is 1.12. The zero-order chi connectivity index (χ0) is 15.9. The normalized spacial score (nSPS) is 10.3. The number of ether oxygens (including phenoxy) is 1. The Labute approximate surface area is 165 Å². The van der Waals surface area contributed by atoms with Crippen LogP contribution in [-0.4, -0.2) is 22.6 Å². The molecule has 3 rings (SSSR count). The number of carbonyl (C=O) groups is 1. The van der Waals surface area contributed by atoms with Crippen LogP contribution in [0.15, 0.2) is 39.0 Å². The Hall–Kier alpha value is -1.19. The molecule has 0 atom stereocenters. The number of nitrogens with zero attached hydrogens (tertiary/aromatic N) is 2. The molecule has 9 heteroatoms. The molecular formula is C14H8BrN2NaO4S. The van der Waals surface area contributed by atoms with Gasteiger partial charge < -0.3 is 9.84 Å². The van der Waals surface area contributed by atoms with Crippen LogP contribution < -0.4 is 40.2 Å². The first-order valence-electron chi connectivity index (χ1n) is 6.08. The van der Waals surface area contributed by atoms with E-state index in [9.17, 15) is 14.7 Å². The monoisotopic (exact) mass is 402 g/mol. The number of pyridine rings is 1. The average molecular weight is 403 g/mol. The maximum Gasteiger partial charge on any atom is 1.00 e. The van der Waals surface area contributed by atoms with E-state index < -0.39 is 22.8 Å². The van der Waals surface area contributed by atoms with Gasteiger partial charge in [0.25, 0.3) is 5.56 Å². The Kier molecular flexibility index (Phi) is 5.64. The molecule has 0 radical (unpaired) electrons. The van der Waals surface area contributed by atoms with E-state index in [-0.39, 0.29) is 35.1 Å².